The monoisotopic (exact) mass is 404 g/mol. The third-order valence-electron chi connectivity index (χ3n) is 5.48. The molecule has 150 valence electrons. The van der Waals surface area contributed by atoms with Gasteiger partial charge in [0.05, 0.1) is 0 Å². The second-order valence-corrected chi connectivity index (χ2v) is 9.64. The number of carbonyl (C=O) groups excluding carboxylic acids is 1. The Morgan fingerprint density at radius 3 is 2.45 bits per heavy atom. The third-order valence-corrected chi connectivity index (χ3v) is 7.38. The van der Waals surface area contributed by atoms with E-state index in [9.17, 15) is 4.79 Å². The summed E-state index contributed by atoms with van der Waals surface area (Å²) in [5, 5.41) is 1.01. The Labute approximate surface area is 176 Å². The lowest BCUT2D eigenvalue weighted by Gasteiger charge is -2.32. The normalized spacial score (nSPS) is 13.4. The van der Waals surface area contributed by atoms with Gasteiger partial charge in [0.15, 0.2) is 6.29 Å². The zero-order chi connectivity index (χ0) is 20.9. The lowest BCUT2D eigenvalue weighted by atomic mass is 9.94. The predicted octanol–water partition coefficient (Wildman–Crippen LogP) is 6.32. The van der Waals surface area contributed by atoms with Gasteiger partial charge in [0.2, 0.25) is 0 Å². The summed E-state index contributed by atoms with van der Waals surface area (Å²) in [5.41, 5.74) is 5.42. The van der Waals surface area contributed by atoms with Crippen LogP contribution in [0.15, 0.2) is 66.7 Å². The summed E-state index contributed by atoms with van der Waals surface area (Å²) in [4.78, 5) is 11.7. The van der Waals surface area contributed by atoms with Crippen LogP contribution in [-0.4, -0.2) is 6.29 Å². The van der Waals surface area contributed by atoms with Gasteiger partial charge in [-0.25, -0.2) is 0 Å². The number of hydrogen-bond donors (Lipinski definition) is 0. The summed E-state index contributed by atoms with van der Waals surface area (Å²) < 4.78 is 6.35. The number of hydrogen-bond acceptors (Lipinski definition) is 2. The van der Waals surface area contributed by atoms with E-state index in [0.29, 0.717) is 15.2 Å². The van der Waals surface area contributed by atoms with E-state index in [1.54, 1.807) is 0 Å². The van der Waals surface area contributed by atoms with Crippen LogP contribution < -0.4 is 10.0 Å². The molecular formula is C26H29O2P. The summed E-state index contributed by atoms with van der Waals surface area (Å²) in [7, 11) is 0.480. The Kier molecular flexibility index (Phi) is 6.87. The van der Waals surface area contributed by atoms with Gasteiger partial charge in [0, 0.05) is 16.3 Å². The molecule has 3 heteroatoms. The van der Waals surface area contributed by atoms with E-state index in [1.165, 1.54) is 5.56 Å². The zero-order valence-electron chi connectivity index (χ0n) is 17.7. The topological polar surface area (TPSA) is 26.3 Å². The minimum atomic E-state index is -0.106. The number of aryl methyl sites for hydroxylation is 2. The van der Waals surface area contributed by atoms with Crippen LogP contribution in [0.2, 0.25) is 0 Å². The summed E-state index contributed by atoms with van der Waals surface area (Å²) in [6.07, 6.45) is 1.94. The van der Waals surface area contributed by atoms with E-state index >= 15 is 0 Å². The molecule has 3 rings (SSSR count). The predicted molar refractivity (Wildman–Crippen MR) is 124 cm³/mol. The molecule has 0 aliphatic carbocycles. The van der Waals surface area contributed by atoms with Crippen LogP contribution in [0.1, 0.15) is 52.9 Å². The molecule has 2 nitrogen and oxygen atoms in total. The number of para-hydroxylation sites is 1. The average molecular weight is 404 g/mol. The van der Waals surface area contributed by atoms with Crippen LogP contribution in [0, 0.1) is 13.8 Å². The number of aldehydes is 1. The van der Waals surface area contributed by atoms with Crippen LogP contribution >= 0.6 is 8.58 Å². The highest BCUT2D eigenvalue weighted by atomic mass is 31.1. The lowest BCUT2D eigenvalue weighted by molar-refractivity contribution is 0.112. The number of ether oxygens (including phenoxy) is 1. The van der Waals surface area contributed by atoms with E-state index in [1.807, 2.05) is 31.2 Å². The van der Waals surface area contributed by atoms with Crippen LogP contribution in [0.25, 0.3) is 0 Å². The van der Waals surface area contributed by atoms with Crippen molar-refractivity contribution in [2.45, 2.75) is 45.9 Å². The molecule has 3 aromatic rings. The summed E-state index contributed by atoms with van der Waals surface area (Å²) >= 11 is 0. The standard InChI is InChI=1S/C26H29O2P/c1-5-26(4,29-24-15-14-19(2)16-22(24)17-27)23-13-9-10-20(3)25(23)28-18-21-11-7-6-8-12-21/h6-17,29H,5,18H2,1-4H3. The van der Waals surface area contributed by atoms with Crippen LogP contribution in [-0.2, 0) is 11.8 Å². The molecule has 0 fully saturated rings. The summed E-state index contributed by atoms with van der Waals surface area (Å²) in [6.45, 7) is 9.17. The Morgan fingerprint density at radius 1 is 1.00 bits per heavy atom. The van der Waals surface area contributed by atoms with Gasteiger partial charge in [-0.1, -0.05) is 88.7 Å². The van der Waals surface area contributed by atoms with Gasteiger partial charge < -0.3 is 4.74 Å². The van der Waals surface area contributed by atoms with Gasteiger partial charge in [-0.05, 0) is 42.8 Å². The second kappa shape index (κ2) is 9.37. The molecule has 2 atom stereocenters. The fraction of sp³-hybridized carbons (Fsp3) is 0.269. The van der Waals surface area contributed by atoms with Crippen molar-refractivity contribution in [1.82, 2.24) is 0 Å². The molecular weight excluding hydrogens is 375 g/mol. The summed E-state index contributed by atoms with van der Waals surface area (Å²) in [5.74, 6) is 0.966. The molecule has 0 saturated heterocycles. The molecule has 0 amide bonds. The maximum Gasteiger partial charge on any atom is 0.150 e. The molecule has 3 aromatic carbocycles. The quantitative estimate of drug-likeness (QED) is 0.324. The second-order valence-electron chi connectivity index (χ2n) is 7.75. The van der Waals surface area contributed by atoms with Crippen molar-refractivity contribution in [1.29, 1.82) is 0 Å². The van der Waals surface area contributed by atoms with Gasteiger partial charge in [0.25, 0.3) is 0 Å². The first-order valence-electron chi connectivity index (χ1n) is 10.1. The molecule has 0 saturated carbocycles. The number of benzene rings is 3. The van der Waals surface area contributed by atoms with Crippen molar-refractivity contribution in [2.75, 3.05) is 0 Å². The molecule has 29 heavy (non-hydrogen) atoms. The molecule has 0 aliphatic heterocycles. The Bertz CT molecular complexity index is 981. The SMILES string of the molecule is CCC(C)(Pc1ccc(C)cc1C=O)c1cccc(C)c1OCc1ccccc1. The maximum absolute atomic E-state index is 11.7. The molecule has 0 aromatic heterocycles. The smallest absolute Gasteiger partial charge is 0.150 e. The van der Waals surface area contributed by atoms with Crippen molar-refractivity contribution < 1.29 is 9.53 Å². The van der Waals surface area contributed by atoms with Gasteiger partial charge in [-0.15, -0.1) is 0 Å². The van der Waals surface area contributed by atoms with E-state index in [0.717, 1.165) is 46.0 Å². The number of carbonyl (C=O) groups is 1. The highest BCUT2D eigenvalue weighted by Crippen LogP contribution is 2.48. The largest absolute Gasteiger partial charge is 0.488 e. The van der Waals surface area contributed by atoms with Crippen molar-refractivity contribution in [3.05, 3.63) is 94.5 Å². The van der Waals surface area contributed by atoms with E-state index < -0.39 is 0 Å². The molecule has 0 N–H and O–H groups in total. The Balaban J connectivity index is 1.96. The molecule has 2 unspecified atom stereocenters. The van der Waals surface area contributed by atoms with E-state index in [2.05, 4.69) is 63.2 Å². The lowest BCUT2D eigenvalue weighted by Crippen LogP contribution is -2.21. The van der Waals surface area contributed by atoms with Crippen LogP contribution in [0.4, 0.5) is 0 Å². The van der Waals surface area contributed by atoms with Gasteiger partial charge in [-0.2, -0.15) is 0 Å². The van der Waals surface area contributed by atoms with Gasteiger partial charge >= 0.3 is 0 Å². The van der Waals surface area contributed by atoms with Crippen LogP contribution in [0.5, 0.6) is 5.75 Å². The molecule has 0 heterocycles. The first-order chi connectivity index (χ1) is 14.0. The fourth-order valence-corrected chi connectivity index (χ4v) is 5.09. The summed E-state index contributed by atoms with van der Waals surface area (Å²) in [6, 6.07) is 22.8. The molecule has 0 aliphatic rings. The zero-order valence-corrected chi connectivity index (χ0v) is 18.7. The minimum Gasteiger partial charge on any atom is -0.488 e. The maximum atomic E-state index is 11.7. The van der Waals surface area contributed by atoms with Crippen molar-refractivity contribution in [2.24, 2.45) is 0 Å². The minimum absolute atomic E-state index is 0.106. The highest BCUT2D eigenvalue weighted by molar-refractivity contribution is 7.48. The Hall–Kier alpha value is -2.44. The van der Waals surface area contributed by atoms with Gasteiger partial charge in [-0.3, -0.25) is 4.79 Å². The number of rotatable bonds is 8. The average Bonchev–Trinajstić information content (AvgIpc) is 2.74. The molecule has 0 bridgehead atoms. The van der Waals surface area contributed by atoms with Crippen molar-refractivity contribution in [3.8, 4) is 5.75 Å². The fourth-order valence-electron chi connectivity index (χ4n) is 3.55. The molecule has 0 spiro atoms. The third kappa shape index (κ3) is 4.95. The Morgan fingerprint density at radius 2 is 1.76 bits per heavy atom. The van der Waals surface area contributed by atoms with Crippen LogP contribution in [0.3, 0.4) is 0 Å². The first-order valence-corrected chi connectivity index (χ1v) is 11.1. The molecule has 0 radical (unpaired) electrons. The van der Waals surface area contributed by atoms with E-state index in [-0.39, 0.29) is 5.16 Å². The van der Waals surface area contributed by atoms with Crippen molar-refractivity contribution in [3.63, 3.8) is 0 Å². The van der Waals surface area contributed by atoms with E-state index in [4.69, 9.17) is 4.74 Å². The van der Waals surface area contributed by atoms with Gasteiger partial charge in [0.1, 0.15) is 12.4 Å². The van der Waals surface area contributed by atoms with Crippen molar-refractivity contribution >= 4 is 20.2 Å². The first kappa shape index (κ1) is 21.3. The highest BCUT2D eigenvalue weighted by Gasteiger charge is 2.30.